The largest absolute Gasteiger partial charge is 0.413 e. The summed E-state index contributed by atoms with van der Waals surface area (Å²) >= 11 is 18.1. The molecule has 12 heavy (non-hydrogen) atoms. The molecule has 0 aromatic carbocycles. The van der Waals surface area contributed by atoms with Crippen molar-refractivity contribution in [2.45, 2.75) is 38.5 Å². The molecule has 1 saturated heterocycles. The zero-order valence-electron chi connectivity index (χ0n) is 7.24. The van der Waals surface area contributed by atoms with Gasteiger partial charge in [0.2, 0.25) is 7.83 Å². The van der Waals surface area contributed by atoms with Crippen molar-refractivity contribution in [2.75, 3.05) is 0 Å². The minimum atomic E-state index is -2.59. The van der Waals surface area contributed by atoms with Crippen molar-refractivity contribution in [3.8, 4) is 0 Å². The van der Waals surface area contributed by atoms with Crippen LogP contribution in [0.15, 0.2) is 0 Å². The Morgan fingerprint density at radius 1 is 1.42 bits per heavy atom. The van der Waals surface area contributed by atoms with Gasteiger partial charge in [-0.3, -0.25) is 0 Å². The summed E-state index contributed by atoms with van der Waals surface area (Å²) in [4.78, 5) is 0. The van der Waals surface area contributed by atoms with E-state index in [0.29, 0.717) is 6.10 Å². The number of hydrogen-bond acceptors (Lipinski definition) is 1. The first-order chi connectivity index (χ1) is 5.35. The molecule has 6 heteroatoms. The predicted molar refractivity (Wildman–Crippen MR) is 59.5 cm³/mol. The third-order valence-corrected chi connectivity index (χ3v) is 21.3. The summed E-state index contributed by atoms with van der Waals surface area (Å²) in [5, 5.41) is 0. The maximum absolute atomic E-state index is 6.02. The molecule has 1 aliphatic heterocycles. The molecule has 2 atom stereocenters. The molecule has 1 nitrogen and oxygen atoms in total. The molecule has 0 aromatic heterocycles. The van der Waals surface area contributed by atoms with Gasteiger partial charge in [0, 0.05) is 6.10 Å². The van der Waals surface area contributed by atoms with Crippen molar-refractivity contribution in [2.24, 2.45) is 0 Å². The van der Waals surface area contributed by atoms with E-state index in [9.17, 15) is 0 Å². The molecule has 72 valence electrons. The van der Waals surface area contributed by atoms with E-state index in [-0.39, 0.29) is 0 Å². The van der Waals surface area contributed by atoms with Crippen molar-refractivity contribution < 1.29 is 4.43 Å². The smallest absolute Gasteiger partial charge is 0.354 e. The molecule has 1 aliphatic rings. The lowest BCUT2D eigenvalue weighted by molar-refractivity contribution is 0.186. The first-order valence-electron chi connectivity index (χ1n) is 4.10. The van der Waals surface area contributed by atoms with Gasteiger partial charge >= 0.3 is 5.52 Å². The first-order valence-corrected chi connectivity index (χ1v) is 12.7. The summed E-state index contributed by atoms with van der Waals surface area (Å²) in [6, 6.07) is 1.01. The van der Waals surface area contributed by atoms with Gasteiger partial charge in [0.1, 0.15) is 0 Å². The zero-order valence-corrected chi connectivity index (χ0v) is 11.5. The Morgan fingerprint density at radius 3 is 2.33 bits per heavy atom. The molecule has 0 aromatic rings. The number of hydrogen-bond donors (Lipinski definition) is 0. The fraction of sp³-hybridized carbons (Fsp3) is 1.00. The van der Waals surface area contributed by atoms with Gasteiger partial charge in [0.05, 0.1) is 0 Å². The highest BCUT2D eigenvalue weighted by Crippen LogP contribution is 2.39. The van der Waals surface area contributed by atoms with E-state index in [0.717, 1.165) is 18.9 Å². The molecule has 0 spiro atoms. The summed E-state index contributed by atoms with van der Waals surface area (Å²) in [7, 11) is -1.97. The van der Waals surface area contributed by atoms with Crippen LogP contribution in [0.2, 0.25) is 12.6 Å². The van der Waals surface area contributed by atoms with Gasteiger partial charge in [-0.25, -0.2) is 0 Å². The third kappa shape index (κ3) is 2.39. The predicted octanol–water partition coefficient (Wildman–Crippen LogP) is 3.49. The monoisotopic (exact) mass is 262 g/mol. The van der Waals surface area contributed by atoms with Crippen LogP contribution in [-0.2, 0) is 4.43 Å². The van der Waals surface area contributed by atoms with E-state index in [1.165, 1.54) is 0 Å². The average molecular weight is 264 g/mol. The van der Waals surface area contributed by atoms with E-state index in [1.807, 2.05) is 0 Å². The van der Waals surface area contributed by atoms with Gasteiger partial charge in [0.15, 0.2) is 0 Å². The van der Waals surface area contributed by atoms with E-state index in [2.05, 4.69) is 13.5 Å². The maximum Gasteiger partial charge on any atom is 0.354 e. The molecule has 0 aliphatic carbocycles. The SMILES string of the molecule is CC1CCC[Si](C)([Si](Cl)(Cl)Cl)O1. The Bertz CT molecular complexity index is 173. The first kappa shape index (κ1) is 11.3. The van der Waals surface area contributed by atoms with E-state index < -0.39 is 13.4 Å². The second-order valence-corrected chi connectivity index (χ2v) is 22.9. The Hall–Kier alpha value is 1.26. The Morgan fingerprint density at radius 2 is 2.00 bits per heavy atom. The molecule has 0 N–H and O–H groups in total. The van der Waals surface area contributed by atoms with Gasteiger partial charge in [-0.15, -0.1) is 33.2 Å². The molecule has 1 rings (SSSR count). The fourth-order valence-electron chi connectivity index (χ4n) is 1.50. The summed E-state index contributed by atoms with van der Waals surface area (Å²) in [5.41, 5.74) is -2.59. The van der Waals surface area contributed by atoms with Crippen LogP contribution in [0, 0.1) is 0 Å². The highest BCUT2D eigenvalue weighted by molar-refractivity contribution is 7.88. The molecule has 0 saturated carbocycles. The van der Waals surface area contributed by atoms with Crippen LogP contribution < -0.4 is 0 Å². The van der Waals surface area contributed by atoms with Crippen LogP contribution in [0.4, 0.5) is 0 Å². The molecule has 2 unspecified atom stereocenters. The summed E-state index contributed by atoms with van der Waals surface area (Å²) in [6.45, 7) is 4.12. The standard InChI is InChI=1S/C6H13Cl3OSi2/c1-6-4-3-5-11(2,10-6)12(7,8)9/h6H,3-5H2,1-2H3. The third-order valence-electron chi connectivity index (χ3n) is 2.33. The van der Waals surface area contributed by atoms with Crippen LogP contribution in [0.25, 0.3) is 0 Å². The second-order valence-electron chi connectivity index (χ2n) is 3.55. The topological polar surface area (TPSA) is 9.23 Å². The summed E-state index contributed by atoms with van der Waals surface area (Å²) in [6.07, 6.45) is 2.56. The molecular formula is C6H13Cl3OSi2. The van der Waals surface area contributed by atoms with E-state index >= 15 is 0 Å². The highest BCUT2D eigenvalue weighted by Gasteiger charge is 2.54. The van der Waals surface area contributed by atoms with Crippen LogP contribution in [-0.4, -0.2) is 19.5 Å². The van der Waals surface area contributed by atoms with Crippen LogP contribution in [0.5, 0.6) is 0 Å². The normalized spacial score (nSPS) is 38.2. The molecular weight excluding hydrogens is 251 g/mol. The summed E-state index contributed by atoms with van der Waals surface area (Å²) < 4.78 is 5.84. The van der Waals surface area contributed by atoms with Gasteiger partial charge in [-0.2, -0.15) is 0 Å². The molecule has 1 heterocycles. The average Bonchev–Trinajstić information content (AvgIpc) is 1.83. The lowest BCUT2D eigenvalue weighted by Crippen LogP contribution is -2.56. The minimum Gasteiger partial charge on any atom is -0.413 e. The quantitative estimate of drug-likeness (QED) is 0.520. The van der Waals surface area contributed by atoms with Gasteiger partial charge < -0.3 is 4.43 Å². The molecule has 0 amide bonds. The van der Waals surface area contributed by atoms with Gasteiger partial charge in [-0.05, 0) is 25.9 Å². The van der Waals surface area contributed by atoms with Crippen LogP contribution in [0.3, 0.4) is 0 Å². The van der Waals surface area contributed by atoms with Crippen molar-refractivity contribution in [3.63, 3.8) is 0 Å². The lowest BCUT2D eigenvalue weighted by Gasteiger charge is -2.38. The van der Waals surface area contributed by atoms with Gasteiger partial charge in [-0.1, -0.05) is 6.42 Å². The lowest BCUT2D eigenvalue weighted by atomic mass is 10.2. The van der Waals surface area contributed by atoms with E-state index in [1.54, 1.807) is 0 Å². The van der Waals surface area contributed by atoms with Crippen molar-refractivity contribution >= 4 is 46.6 Å². The fourth-order valence-corrected chi connectivity index (χ4v) is 10.1. The Kier molecular flexibility index (Phi) is 3.58. The summed E-state index contributed by atoms with van der Waals surface area (Å²) in [5.74, 6) is 0. The Labute approximate surface area is 89.4 Å². The number of halogens is 3. The van der Waals surface area contributed by atoms with Crippen molar-refractivity contribution in [1.29, 1.82) is 0 Å². The van der Waals surface area contributed by atoms with Crippen LogP contribution in [0.1, 0.15) is 19.8 Å². The Balaban J connectivity index is 2.70. The maximum atomic E-state index is 6.02. The zero-order chi connectivity index (χ0) is 9.41. The molecule has 0 radical (unpaired) electrons. The van der Waals surface area contributed by atoms with Crippen molar-refractivity contribution in [1.82, 2.24) is 0 Å². The minimum absolute atomic E-state index is 0.290. The number of rotatable bonds is 1. The van der Waals surface area contributed by atoms with Crippen LogP contribution >= 0.6 is 33.2 Å². The molecule has 1 fully saturated rings. The highest BCUT2D eigenvalue weighted by atomic mass is 35.8. The molecule has 0 bridgehead atoms. The van der Waals surface area contributed by atoms with Crippen molar-refractivity contribution in [3.05, 3.63) is 0 Å². The van der Waals surface area contributed by atoms with E-state index in [4.69, 9.17) is 37.7 Å². The second kappa shape index (κ2) is 3.79. The van der Waals surface area contributed by atoms with Gasteiger partial charge in [0.25, 0.3) is 0 Å².